The molecule has 4 nitrogen and oxygen atoms in total. The predicted molar refractivity (Wildman–Crippen MR) is 60.5 cm³/mol. The second-order valence-corrected chi connectivity index (χ2v) is 4.07. The lowest BCUT2D eigenvalue weighted by Gasteiger charge is -2.08. The number of hydrogen-bond acceptors (Lipinski definition) is 4. The molecule has 1 rings (SSSR count). The summed E-state index contributed by atoms with van der Waals surface area (Å²) in [5.74, 6) is 0.271. The summed E-state index contributed by atoms with van der Waals surface area (Å²) < 4.78 is 15.5. The third-order valence-electron chi connectivity index (χ3n) is 2.73. The molecule has 4 heteroatoms. The van der Waals surface area contributed by atoms with E-state index in [0.717, 1.165) is 25.9 Å². The van der Waals surface area contributed by atoms with Crippen molar-refractivity contribution < 1.29 is 19.0 Å². The molecule has 1 atom stereocenters. The Morgan fingerprint density at radius 2 is 2.19 bits per heavy atom. The fraction of sp³-hybridized carbons (Fsp3) is 0.917. The van der Waals surface area contributed by atoms with Gasteiger partial charge in [-0.25, -0.2) is 0 Å². The number of hydrogen-bond donors (Lipinski definition) is 0. The molecule has 1 unspecified atom stereocenters. The fourth-order valence-electron chi connectivity index (χ4n) is 1.75. The van der Waals surface area contributed by atoms with Crippen LogP contribution in [-0.2, 0) is 19.0 Å². The van der Waals surface area contributed by atoms with Gasteiger partial charge in [0.05, 0.1) is 25.9 Å². The van der Waals surface area contributed by atoms with Crippen molar-refractivity contribution in [3.63, 3.8) is 0 Å². The molecule has 1 aliphatic rings. The van der Waals surface area contributed by atoms with Crippen LogP contribution in [0.25, 0.3) is 0 Å². The van der Waals surface area contributed by atoms with E-state index >= 15 is 0 Å². The normalized spacial score (nSPS) is 20.2. The van der Waals surface area contributed by atoms with Crippen molar-refractivity contribution in [1.82, 2.24) is 0 Å². The summed E-state index contributed by atoms with van der Waals surface area (Å²) in [6, 6.07) is 0. The van der Waals surface area contributed by atoms with Crippen molar-refractivity contribution in [1.29, 1.82) is 0 Å². The molecule has 0 radical (unpaired) electrons. The highest BCUT2D eigenvalue weighted by Gasteiger charge is 2.16. The Hall–Kier alpha value is -0.450. The SMILES string of the molecule is COCCOCCC(=O)CCC1CCCO1. The molecule has 0 N–H and O–H groups in total. The first-order valence-corrected chi connectivity index (χ1v) is 6.03. The van der Waals surface area contributed by atoms with Crippen LogP contribution in [0.1, 0.15) is 32.1 Å². The highest BCUT2D eigenvalue weighted by molar-refractivity contribution is 5.78. The third-order valence-corrected chi connectivity index (χ3v) is 2.73. The summed E-state index contributed by atoms with van der Waals surface area (Å²) in [5.41, 5.74) is 0. The summed E-state index contributed by atoms with van der Waals surface area (Å²) in [7, 11) is 1.64. The number of rotatable bonds is 9. The molecular formula is C12H22O4. The molecule has 0 bridgehead atoms. The van der Waals surface area contributed by atoms with Crippen molar-refractivity contribution >= 4 is 5.78 Å². The molecular weight excluding hydrogens is 208 g/mol. The van der Waals surface area contributed by atoms with Crippen molar-refractivity contribution in [2.75, 3.05) is 33.5 Å². The van der Waals surface area contributed by atoms with Gasteiger partial charge < -0.3 is 14.2 Å². The third kappa shape index (κ3) is 6.20. The first kappa shape index (κ1) is 13.6. The lowest BCUT2D eigenvalue weighted by atomic mass is 10.1. The van der Waals surface area contributed by atoms with E-state index in [4.69, 9.17) is 14.2 Å². The predicted octanol–water partition coefficient (Wildman–Crippen LogP) is 1.57. The average molecular weight is 230 g/mol. The van der Waals surface area contributed by atoms with Gasteiger partial charge in [-0.05, 0) is 19.3 Å². The van der Waals surface area contributed by atoms with Crippen molar-refractivity contribution in [3.8, 4) is 0 Å². The Bertz CT molecular complexity index is 187. The van der Waals surface area contributed by atoms with E-state index in [9.17, 15) is 4.79 Å². The number of ether oxygens (including phenoxy) is 3. The van der Waals surface area contributed by atoms with Gasteiger partial charge in [0.25, 0.3) is 0 Å². The van der Waals surface area contributed by atoms with Gasteiger partial charge in [0.1, 0.15) is 5.78 Å². The van der Waals surface area contributed by atoms with Gasteiger partial charge in [-0.1, -0.05) is 0 Å². The summed E-state index contributed by atoms with van der Waals surface area (Å²) in [6.45, 7) is 2.52. The number of carbonyl (C=O) groups is 1. The standard InChI is InChI=1S/C12H22O4/c1-14-9-10-15-8-6-11(13)4-5-12-3-2-7-16-12/h12H,2-10H2,1H3. The van der Waals surface area contributed by atoms with Crippen LogP contribution in [0.15, 0.2) is 0 Å². The first-order chi connectivity index (χ1) is 7.83. The maximum atomic E-state index is 11.5. The highest BCUT2D eigenvalue weighted by atomic mass is 16.5. The molecule has 0 spiro atoms. The highest BCUT2D eigenvalue weighted by Crippen LogP contribution is 2.17. The van der Waals surface area contributed by atoms with Gasteiger partial charge in [-0.3, -0.25) is 4.79 Å². The van der Waals surface area contributed by atoms with E-state index < -0.39 is 0 Å². The average Bonchev–Trinajstić information content (AvgIpc) is 2.79. The molecule has 1 aliphatic heterocycles. The molecule has 94 valence electrons. The molecule has 0 saturated carbocycles. The van der Waals surface area contributed by atoms with E-state index in [-0.39, 0.29) is 5.78 Å². The van der Waals surface area contributed by atoms with E-state index in [0.29, 0.717) is 38.8 Å². The summed E-state index contributed by atoms with van der Waals surface area (Å²) in [4.78, 5) is 11.5. The van der Waals surface area contributed by atoms with Crippen molar-refractivity contribution in [2.45, 2.75) is 38.2 Å². The van der Waals surface area contributed by atoms with E-state index in [2.05, 4.69) is 0 Å². The summed E-state index contributed by atoms with van der Waals surface area (Å²) in [5, 5.41) is 0. The van der Waals surface area contributed by atoms with Crippen LogP contribution in [0.3, 0.4) is 0 Å². The van der Waals surface area contributed by atoms with Gasteiger partial charge in [-0.2, -0.15) is 0 Å². The first-order valence-electron chi connectivity index (χ1n) is 6.03. The minimum atomic E-state index is 0.271. The molecule has 1 heterocycles. The summed E-state index contributed by atoms with van der Waals surface area (Å²) >= 11 is 0. The molecule has 0 aromatic rings. The Morgan fingerprint density at radius 3 is 2.88 bits per heavy atom. The van der Waals surface area contributed by atoms with Crippen LogP contribution in [0.4, 0.5) is 0 Å². The molecule has 16 heavy (non-hydrogen) atoms. The zero-order valence-corrected chi connectivity index (χ0v) is 10.1. The van der Waals surface area contributed by atoms with Crippen LogP contribution in [-0.4, -0.2) is 45.4 Å². The largest absolute Gasteiger partial charge is 0.382 e. The van der Waals surface area contributed by atoms with E-state index in [1.807, 2.05) is 0 Å². The van der Waals surface area contributed by atoms with Gasteiger partial charge in [0.2, 0.25) is 0 Å². The zero-order valence-electron chi connectivity index (χ0n) is 10.1. The van der Waals surface area contributed by atoms with Crippen molar-refractivity contribution in [2.24, 2.45) is 0 Å². The molecule has 0 amide bonds. The lowest BCUT2D eigenvalue weighted by Crippen LogP contribution is -2.11. The van der Waals surface area contributed by atoms with Gasteiger partial charge in [-0.15, -0.1) is 0 Å². The number of ketones is 1. The molecule has 0 aromatic heterocycles. The summed E-state index contributed by atoms with van der Waals surface area (Å²) in [6.07, 6.45) is 4.57. The molecule has 0 aromatic carbocycles. The molecule has 0 aliphatic carbocycles. The van der Waals surface area contributed by atoms with Crippen LogP contribution < -0.4 is 0 Å². The van der Waals surface area contributed by atoms with Gasteiger partial charge in [0, 0.05) is 26.6 Å². The second kappa shape index (κ2) is 8.67. The lowest BCUT2D eigenvalue weighted by molar-refractivity contribution is -0.120. The second-order valence-electron chi connectivity index (χ2n) is 4.07. The maximum Gasteiger partial charge on any atom is 0.135 e. The monoisotopic (exact) mass is 230 g/mol. The Morgan fingerprint density at radius 1 is 1.31 bits per heavy atom. The Kier molecular flexibility index (Phi) is 7.38. The number of methoxy groups -OCH3 is 1. The molecule has 1 saturated heterocycles. The Balaban J connectivity index is 1.90. The smallest absolute Gasteiger partial charge is 0.135 e. The topological polar surface area (TPSA) is 44.8 Å². The number of carbonyl (C=O) groups excluding carboxylic acids is 1. The van der Waals surface area contributed by atoms with Crippen LogP contribution in [0.2, 0.25) is 0 Å². The number of Topliss-reactive ketones (excluding diaryl/α,β-unsaturated/α-hetero) is 1. The van der Waals surface area contributed by atoms with Crippen LogP contribution >= 0.6 is 0 Å². The van der Waals surface area contributed by atoms with E-state index in [1.165, 1.54) is 0 Å². The van der Waals surface area contributed by atoms with Gasteiger partial charge >= 0.3 is 0 Å². The maximum absolute atomic E-state index is 11.5. The van der Waals surface area contributed by atoms with Crippen LogP contribution in [0, 0.1) is 0 Å². The minimum Gasteiger partial charge on any atom is -0.382 e. The van der Waals surface area contributed by atoms with Crippen LogP contribution in [0.5, 0.6) is 0 Å². The minimum absolute atomic E-state index is 0.271. The molecule has 1 fully saturated rings. The Labute approximate surface area is 97.2 Å². The quantitative estimate of drug-likeness (QED) is 0.564. The zero-order chi connectivity index (χ0) is 11.6. The van der Waals surface area contributed by atoms with Gasteiger partial charge in [0.15, 0.2) is 0 Å². The van der Waals surface area contributed by atoms with Crippen molar-refractivity contribution in [3.05, 3.63) is 0 Å². The fourth-order valence-corrected chi connectivity index (χ4v) is 1.75. The van der Waals surface area contributed by atoms with E-state index in [1.54, 1.807) is 7.11 Å².